The van der Waals surface area contributed by atoms with E-state index in [1.165, 1.54) is 0 Å². The smallest absolute Gasteiger partial charge is 0.227 e. The zero-order valence-corrected chi connectivity index (χ0v) is 16.1. The van der Waals surface area contributed by atoms with E-state index in [0.29, 0.717) is 11.7 Å². The molecule has 1 saturated heterocycles. The molecule has 2 aromatic carbocycles. The van der Waals surface area contributed by atoms with Crippen molar-refractivity contribution in [3.05, 3.63) is 72.1 Å². The van der Waals surface area contributed by atoms with Crippen LogP contribution in [0.4, 0.5) is 0 Å². The van der Waals surface area contributed by atoms with Crippen LogP contribution < -0.4 is 0 Å². The molecule has 2 heterocycles. The zero-order chi connectivity index (χ0) is 19.2. The van der Waals surface area contributed by atoms with Gasteiger partial charge >= 0.3 is 0 Å². The van der Waals surface area contributed by atoms with Crippen LogP contribution in [0, 0.1) is 0 Å². The maximum atomic E-state index is 11.1. The van der Waals surface area contributed by atoms with Gasteiger partial charge in [0.1, 0.15) is 0 Å². The van der Waals surface area contributed by atoms with Gasteiger partial charge in [0.15, 0.2) is 0 Å². The summed E-state index contributed by atoms with van der Waals surface area (Å²) in [5.74, 6) is 1.34. The Bertz CT molecular complexity index is 866. The highest BCUT2D eigenvalue weighted by atomic mass is 16.5. The molecule has 0 spiro atoms. The minimum Gasteiger partial charge on any atom is -0.385 e. The van der Waals surface area contributed by atoms with Gasteiger partial charge in [-0.15, -0.1) is 0 Å². The van der Waals surface area contributed by atoms with Crippen molar-refractivity contribution in [1.82, 2.24) is 15.0 Å². The third-order valence-electron chi connectivity index (χ3n) is 5.58. The Balaban J connectivity index is 1.28. The molecular formula is C23H27N3O2. The maximum Gasteiger partial charge on any atom is 0.227 e. The number of aliphatic hydroxyl groups is 1. The van der Waals surface area contributed by atoms with Gasteiger partial charge in [0.05, 0.1) is 5.60 Å². The Morgan fingerprint density at radius 1 is 0.964 bits per heavy atom. The zero-order valence-electron chi connectivity index (χ0n) is 16.1. The molecule has 1 aromatic heterocycles. The first-order chi connectivity index (χ1) is 13.7. The largest absolute Gasteiger partial charge is 0.385 e. The topological polar surface area (TPSA) is 62.4 Å². The summed E-state index contributed by atoms with van der Waals surface area (Å²) in [5.41, 5.74) is 1.31. The molecule has 1 fully saturated rings. The second-order valence-corrected chi connectivity index (χ2v) is 7.57. The number of aryl methyl sites for hydroxylation is 1. The molecule has 1 aliphatic rings. The lowest BCUT2D eigenvalue weighted by Gasteiger charge is -2.27. The summed E-state index contributed by atoms with van der Waals surface area (Å²) in [6, 6.07) is 20.0. The Kier molecular flexibility index (Phi) is 5.84. The number of hydrogen-bond donors (Lipinski definition) is 1. The fraction of sp³-hybridized carbons (Fsp3) is 0.391. The van der Waals surface area contributed by atoms with Gasteiger partial charge in [-0.2, -0.15) is 4.98 Å². The second-order valence-electron chi connectivity index (χ2n) is 7.57. The molecule has 1 aliphatic heterocycles. The van der Waals surface area contributed by atoms with Gasteiger partial charge in [0.2, 0.25) is 11.7 Å². The number of aromatic nitrogens is 2. The molecule has 1 atom stereocenters. The molecule has 0 amide bonds. The van der Waals surface area contributed by atoms with Crippen molar-refractivity contribution >= 4 is 0 Å². The molecule has 1 N–H and O–H groups in total. The molecule has 0 unspecified atom stereocenters. The van der Waals surface area contributed by atoms with Crippen LogP contribution >= 0.6 is 0 Å². The normalized spacial score (nSPS) is 20.8. The summed E-state index contributed by atoms with van der Waals surface area (Å²) in [6.07, 6.45) is 4.34. The number of hydrogen-bond acceptors (Lipinski definition) is 5. The average molecular weight is 377 g/mol. The third-order valence-corrected chi connectivity index (χ3v) is 5.58. The molecule has 5 heteroatoms. The summed E-state index contributed by atoms with van der Waals surface area (Å²) >= 11 is 0. The van der Waals surface area contributed by atoms with Gasteiger partial charge in [0, 0.05) is 18.5 Å². The number of benzene rings is 2. The van der Waals surface area contributed by atoms with E-state index in [2.05, 4.69) is 15.0 Å². The molecule has 146 valence electrons. The lowest BCUT2D eigenvalue weighted by atomic mass is 9.87. The van der Waals surface area contributed by atoms with E-state index in [1.54, 1.807) is 0 Å². The van der Waals surface area contributed by atoms with Gasteiger partial charge < -0.3 is 14.5 Å². The van der Waals surface area contributed by atoms with Gasteiger partial charge in [-0.3, -0.25) is 0 Å². The lowest BCUT2D eigenvalue weighted by Crippen LogP contribution is -2.30. The minimum atomic E-state index is -0.701. The molecule has 0 saturated carbocycles. The van der Waals surface area contributed by atoms with Crippen molar-refractivity contribution in [3.8, 4) is 11.4 Å². The highest BCUT2D eigenvalue weighted by Gasteiger charge is 2.31. The predicted octanol–water partition coefficient (Wildman–Crippen LogP) is 4.04. The fourth-order valence-electron chi connectivity index (χ4n) is 3.95. The first-order valence-electron chi connectivity index (χ1n) is 10.1. The molecule has 0 aliphatic carbocycles. The SMILES string of the molecule is O[C@]1(c2ccccc2)CCCN(CCCc2nc(-c3ccccc3)no2)CC1. The Hall–Kier alpha value is -2.50. The first kappa shape index (κ1) is 18.8. The van der Waals surface area contributed by atoms with E-state index >= 15 is 0 Å². The number of rotatable bonds is 6. The van der Waals surface area contributed by atoms with Crippen molar-refractivity contribution in [2.24, 2.45) is 0 Å². The molecular weight excluding hydrogens is 350 g/mol. The van der Waals surface area contributed by atoms with E-state index in [4.69, 9.17) is 4.52 Å². The monoisotopic (exact) mass is 377 g/mol. The quantitative estimate of drug-likeness (QED) is 0.702. The van der Waals surface area contributed by atoms with Crippen LogP contribution in [-0.4, -0.2) is 39.8 Å². The summed E-state index contributed by atoms with van der Waals surface area (Å²) in [4.78, 5) is 6.95. The van der Waals surface area contributed by atoms with Crippen molar-refractivity contribution in [1.29, 1.82) is 0 Å². The van der Waals surface area contributed by atoms with Crippen molar-refractivity contribution in [2.45, 2.75) is 37.7 Å². The van der Waals surface area contributed by atoms with Crippen LogP contribution in [0.5, 0.6) is 0 Å². The molecule has 3 aromatic rings. The van der Waals surface area contributed by atoms with Crippen molar-refractivity contribution in [3.63, 3.8) is 0 Å². The highest BCUT2D eigenvalue weighted by molar-refractivity contribution is 5.53. The van der Waals surface area contributed by atoms with Gasteiger partial charge in [-0.25, -0.2) is 0 Å². The molecule has 28 heavy (non-hydrogen) atoms. The minimum absolute atomic E-state index is 0.651. The van der Waals surface area contributed by atoms with Gasteiger partial charge in [-0.1, -0.05) is 65.8 Å². The highest BCUT2D eigenvalue weighted by Crippen LogP contribution is 2.32. The van der Waals surface area contributed by atoms with Crippen LogP contribution in [0.25, 0.3) is 11.4 Å². The number of nitrogens with zero attached hydrogens (tertiary/aromatic N) is 3. The summed E-state index contributed by atoms with van der Waals surface area (Å²) < 4.78 is 5.40. The Morgan fingerprint density at radius 2 is 1.71 bits per heavy atom. The molecule has 0 bridgehead atoms. The molecule has 4 rings (SSSR count). The number of likely N-dealkylation sites (tertiary alicyclic amines) is 1. The summed E-state index contributed by atoms with van der Waals surface area (Å²) in [7, 11) is 0. The molecule has 0 radical (unpaired) electrons. The summed E-state index contributed by atoms with van der Waals surface area (Å²) in [5, 5.41) is 15.2. The van der Waals surface area contributed by atoms with E-state index in [-0.39, 0.29) is 0 Å². The van der Waals surface area contributed by atoms with E-state index in [1.807, 2.05) is 60.7 Å². The standard InChI is InChI=1S/C23H27N3O2/c27-23(20-11-5-2-6-12-20)14-8-17-26(18-15-23)16-7-13-21-24-22(25-28-21)19-9-3-1-4-10-19/h1-6,9-12,27H,7-8,13-18H2/t23-/m1/s1. The predicted molar refractivity (Wildman–Crippen MR) is 109 cm³/mol. The van der Waals surface area contributed by atoms with Crippen LogP contribution in [0.15, 0.2) is 65.2 Å². The van der Waals surface area contributed by atoms with E-state index in [9.17, 15) is 5.11 Å². The Morgan fingerprint density at radius 3 is 2.50 bits per heavy atom. The van der Waals surface area contributed by atoms with Crippen LogP contribution in [0.3, 0.4) is 0 Å². The first-order valence-corrected chi connectivity index (χ1v) is 10.1. The van der Waals surface area contributed by atoms with Crippen LogP contribution in [0.2, 0.25) is 0 Å². The van der Waals surface area contributed by atoms with Crippen molar-refractivity contribution in [2.75, 3.05) is 19.6 Å². The average Bonchev–Trinajstić information content (AvgIpc) is 3.13. The molecule has 5 nitrogen and oxygen atoms in total. The van der Waals surface area contributed by atoms with E-state index < -0.39 is 5.60 Å². The fourth-order valence-corrected chi connectivity index (χ4v) is 3.95. The van der Waals surface area contributed by atoms with Crippen LogP contribution in [-0.2, 0) is 12.0 Å². The maximum absolute atomic E-state index is 11.1. The van der Waals surface area contributed by atoms with Crippen LogP contribution in [0.1, 0.15) is 37.1 Å². The lowest BCUT2D eigenvalue weighted by molar-refractivity contribution is 0.0212. The van der Waals surface area contributed by atoms with E-state index in [0.717, 1.165) is 62.9 Å². The Labute approximate surface area is 166 Å². The van der Waals surface area contributed by atoms with Gasteiger partial charge in [0.25, 0.3) is 0 Å². The summed E-state index contributed by atoms with van der Waals surface area (Å²) in [6.45, 7) is 2.91. The van der Waals surface area contributed by atoms with Crippen molar-refractivity contribution < 1.29 is 9.63 Å². The van der Waals surface area contributed by atoms with Gasteiger partial charge in [-0.05, 0) is 44.3 Å². The second kappa shape index (κ2) is 8.67. The third kappa shape index (κ3) is 4.49.